The third-order valence-electron chi connectivity index (χ3n) is 3.61. The number of hydrogen-bond acceptors (Lipinski definition) is 2. The summed E-state index contributed by atoms with van der Waals surface area (Å²) in [6.07, 6.45) is 2.66. The van der Waals surface area contributed by atoms with Gasteiger partial charge in [0.1, 0.15) is 0 Å². The zero-order chi connectivity index (χ0) is 11.8. The van der Waals surface area contributed by atoms with E-state index in [1.54, 1.807) is 11.8 Å². The Labute approximate surface area is 101 Å². The van der Waals surface area contributed by atoms with Gasteiger partial charge in [0, 0.05) is 22.8 Å². The molecule has 1 aliphatic heterocycles. The van der Waals surface area contributed by atoms with Crippen LogP contribution in [0.3, 0.4) is 0 Å². The Hall–Kier alpha value is -0.960. The van der Waals surface area contributed by atoms with Crippen molar-refractivity contribution in [3.8, 4) is 0 Å². The summed E-state index contributed by atoms with van der Waals surface area (Å²) in [6, 6.07) is 8.74. The second kappa shape index (κ2) is 4.13. The van der Waals surface area contributed by atoms with Crippen molar-refractivity contribution in [3.05, 3.63) is 29.8 Å². The first-order valence-corrected chi connectivity index (χ1v) is 6.72. The van der Waals surface area contributed by atoms with E-state index >= 15 is 0 Å². The molecule has 1 amide bonds. The fourth-order valence-corrected chi connectivity index (χ4v) is 2.67. The second-order valence-electron chi connectivity index (χ2n) is 4.61. The van der Waals surface area contributed by atoms with Crippen LogP contribution in [-0.4, -0.2) is 18.2 Å². The first-order valence-electron chi connectivity index (χ1n) is 5.50. The van der Waals surface area contributed by atoms with Crippen molar-refractivity contribution >= 4 is 17.7 Å². The van der Waals surface area contributed by atoms with Crippen molar-refractivity contribution in [1.82, 2.24) is 5.32 Å². The Morgan fingerprint density at radius 2 is 2.00 bits per heavy atom. The third kappa shape index (κ3) is 1.84. The molecule has 2 rings (SSSR count). The molecular formula is C13H17NOS. The minimum atomic E-state index is -0.0615. The Bertz CT molecular complexity index is 401. The summed E-state index contributed by atoms with van der Waals surface area (Å²) in [7, 11) is 0. The van der Waals surface area contributed by atoms with Gasteiger partial charge in [0.15, 0.2) is 0 Å². The normalized spacial score (nSPS) is 29.2. The lowest BCUT2D eigenvalue weighted by Crippen LogP contribution is -2.35. The number of amides is 1. The van der Waals surface area contributed by atoms with Crippen molar-refractivity contribution < 1.29 is 4.79 Å². The van der Waals surface area contributed by atoms with Gasteiger partial charge in [-0.25, -0.2) is 0 Å². The lowest BCUT2D eigenvalue weighted by molar-refractivity contribution is -0.119. The van der Waals surface area contributed by atoms with Crippen molar-refractivity contribution in [1.29, 1.82) is 0 Å². The Morgan fingerprint density at radius 3 is 2.44 bits per heavy atom. The molecule has 1 fully saturated rings. The lowest BCUT2D eigenvalue weighted by atomic mass is 9.77. The van der Waals surface area contributed by atoms with E-state index in [0.29, 0.717) is 6.42 Å². The highest BCUT2D eigenvalue weighted by Gasteiger charge is 2.41. The van der Waals surface area contributed by atoms with Crippen LogP contribution in [-0.2, 0) is 10.2 Å². The molecular weight excluding hydrogens is 218 g/mol. The van der Waals surface area contributed by atoms with E-state index in [-0.39, 0.29) is 17.4 Å². The molecule has 2 unspecified atom stereocenters. The Kier molecular flexibility index (Phi) is 2.98. The summed E-state index contributed by atoms with van der Waals surface area (Å²) >= 11 is 1.74. The van der Waals surface area contributed by atoms with Gasteiger partial charge in [-0.1, -0.05) is 19.1 Å². The Morgan fingerprint density at radius 1 is 1.38 bits per heavy atom. The van der Waals surface area contributed by atoms with E-state index in [0.717, 1.165) is 0 Å². The standard InChI is InChI=1S/C13H17NOS/c1-9-13(2,8-12(15)14-9)10-4-6-11(16-3)7-5-10/h4-7,9H,8H2,1-3H3,(H,14,15). The van der Waals surface area contributed by atoms with Gasteiger partial charge in [-0.3, -0.25) is 4.79 Å². The maximum absolute atomic E-state index is 11.5. The van der Waals surface area contributed by atoms with Crippen LogP contribution in [0, 0.1) is 0 Å². The molecule has 0 spiro atoms. The zero-order valence-electron chi connectivity index (χ0n) is 9.91. The minimum absolute atomic E-state index is 0.0615. The molecule has 3 heteroatoms. The van der Waals surface area contributed by atoms with Gasteiger partial charge in [0.05, 0.1) is 0 Å². The molecule has 1 N–H and O–H groups in total. The number of carbonyl (C=O) groups excluding carboxylic acids is 1. The highest BCUT2D eigenvalue weighted by atomic mass is 32.2. The molecule has 0 saturated carbocycles. The quantitative estimate of drug-likeness (QED) is 0.798. The topological polar surface area (TPSA) is 29.1 Å². The molecule has 0 aliphatic carbocycles. The first kappa shape index (κ1) is 11.5. The summed E-state index contributed by atoms with van der Waals surface area (Å²) in [5.74, 6) is 0.156. The predicted octanol–water partition coefficient (Wildman–Crippen LogP) is 2.57. The van der Waals surface area contributed by atoms with Crippen LogP contribution >= 0.6 is 11.8 Å². The lowest BCUT2D eigenvalue weighted by Gasteiger charge is -2.28. The molecule has 1 aromatic carbocycles. The van der Waals surface area contributed by atoms with E-state index in [4.69, 9.17) is 0 Å². The summed E-state index contributed by atoms with van der Waals surface area (Å²) in [5, 5.41) is 2.99. The van der Waals surface area contributed by atoms with Crippen LogP contribution in [0.1, 0.15) is 25.8 Å². The Balaban J connectivity index is 2.32. The first-order chi connectivity index (χ1) is 7.56. The monoisotopic (exact) mass is 235 g/mol. The van der Waals surface area contributed by atoms with E-state index in [1.807, 2.05) is 0 Å². The van der Waals surface area contributed by atoms with E-state index < -0.39 is 0 Å². The van der Waals surface area contributed by atoms with Crippen molar-refractivity contribution in [2.75, 3.05) is 6.26 Å². The molecule has 1 aliphatic rings. The van der Waals surface area contributed by atoms with Gasteiger partial charge in [0.2, 0.25) is 5.91 Å². The van der Waals surface area contributed by atoms with Crippen LogP contribution in [0.5, 0.6) is 0 Å². The molecule has 0 bridgehead atoms. The van der Waals surface area contributed by atoms with Gasteiger partial charge < -0.3 is 5.32 Å². The average molecular weight is 235 g/mol. The van der Waals surface area contributed by atoms with Crippen LogP contribution in [0.2, 0.25) is 0 Å². The van der Waals surface area contributed by atoms with Crippen LogP contribution < -0.4 is 5.32 Å². The smallest absolute Gasteiger partial charge is 0.221 e. The van der Waals surface area contributed by atoms with Gasteiger partial charge in [-0.2, -0.15) is 0 Å². The summed E-state index contributed by atoms with van der Waals surface area (Å²) in [6.45, 7) is 4.23. The fraction of sp³-hybridized carbons (Fsp3) is 0.462. The highest BCUT2D eigenvalue weighted by Crippen LogP contribution is 2.36. The highest BCUT2D eigenvalue weighted by molar-refractivity contribution is 7.98. The van der Waals surface area contributed by atoms with Crippen LogP contribution in [0.15, 0.2) is 29.2 Å². The van der Waals surface area contributed by atoms with Gasteiger partial charge in [0.25, 0.3) is 0 Å². The van der Waals surface area contributed by atoms with E-state index in [9.17, 15) is 4.79 Å². The molecule has 1 saturated heterocycles. The maximum atomic E-state index is 11.5. The largest absolute Gasteiger partial charge is 0.353 e. The van der Waals surface area contributed by atoms with Gasteiger partial charge in [-0.15, -0.1) is 11.8 Å². The fourth-order valence-electron chi connectivity index (χ4n) is 2.26. The summed E-state index contributed by atoms with van der Waals surface area (Å²) in [5.41, 5.74) is 1.18. The zero-order valence-corrected chi connectivity index (χ0v) is 10.7. The number of carbonyl (C=O) groups is 1. The molecule has 2 atom stereocenters. The predicted molar refractivity (Wildman–Crippen MR) is 67.8 cm³/mol. The average Bonchev–Trinajstić information content (AvgIpc) is 2.54. The van der Waals surface area contributed by atoms with Gasteiger partial charge in [-0.05, 0) is 30.9 Å². The molecule has 0 aromatic heterocycles. The summed E-state index contributed by atoms with van der Waals surface area (Å²) in [4.78, 5) is 12.7. The number of rotatable bonds is 2. The SMILES string of the molecule is CSc1ccc(C2(C)CC(=O)NC2C)cc1. The van der Waals surface area contributed by atoms with Crippen molar-refractivity contribution in [3.63, 3.8) is 0 Å². The summed E-state index contributed by atoms with van der Waals surface area (Å²) < 4.78 is 0. The van der Waals surface area contributed by atoms with Crippen molar-refractivity contribution in [2.24, 2.45) is 0 Å². The number of thioether (sulfide) groups is 1. The second-order valence-corrected chi connectivity index (χ2v) is 5.49. The molecule has 1 aromatic rings. The number of benzene rings is 1. The minimum Gasteiger partial charge on any atom is -0.353 e. The van der Waals surface area contributed by atoms with Crippen LogP contribution in [0.25, 0.3) is 0 Å². The molecule has 16 heavy (non-hydrogen) atoms. The number of nitrogens with one attached hydrogen (secondary N) is 1. The molecule has 86 valence electrons. The molecule has 1 heterocycles. The van der Waals surface area contributed by atoms with Crippen molar-refractivity contribution in [2.45, 2.75) is 36.6 Å². The number of hydrogen-bond donors (Lipinski definition) is 1. The van der Waals surface area contributed by atoms with E-state index in [2.05, 4.69) is 49.7 Å². The van der Waals surface area contributed by atoms with E-state index in [1.165, 1.54) is 10.5 Å². The third-order valence-corrected chi connectivity index (χ3v) is 4.35. The maximum Gasteiger partial charge on any atom is 0.221 e. The van der Waals surface area contributed by atoms with Crippen LogP contribution in [0.4, 0.5) is 0 Å². The molecule has 0 radical (unpaired) electrons. The molecule has 2 nitrogen and oxygen atoms in total. The van der Waals surface area contributed by atoms with Gasteiger partial charge >= 0.3 is 0 Å².